The van der Waals surface area contributed by atoms with Crippen molar-refractivity contribution in [3.8, 4) is 5.75 Å². The molecule has 1 aliphatic carbocycles. The van der Waals surface area contributed by atoms with Crippen LogP contribution < -0.4 is 15.4 Å². The number of rotatable bonds is 9. The van der Waals surface area contributed by atoms with Gasteiger partial charge in [0.1, 0.15) is 23.6 Å². The van der Waals surface area contributed by atoms with Gasteiger partial charge in [-0.05, 0) is 25.0 Å². The SMILES string of the molecule is O=C(COc1ccc(Cl)c(F)c1)NCCC(O)CNC(=O)c1coc2c1C(=O)CCC2. The number of amides is 2. The Labute approximate surface area is 182 Å². The number of hydrogen-bond acceptors (Lipinski definition) is 6. The molecule has 0 fully saturated rings. The Morgan fingerprint density at radius 3 is 2.87 bits per heavy atom. The molecule has 1 aromatic heterocycles. The molecule has 1 aliphatic rings. The van der Waals surface area contributed by atoms with Crippen LogP contribution in [-0.4, -0.2) is 48.5 Å². The number of benzene rings is 1. The van der Waals surface area contributed by atoms with E-state index in [1.54, 1.807) is 0 Å². The predicted octanol–water partition coefficient (Wildman–Crippen LogP) is 2.27. The number of hydrogen-bond donors (Lipinski definition) is 3. The molecule has 166 valence electrons. The van der Waals surface area contributed by atoms with E-state index in [0.717, 1.165) is 6.07 Å². The molecular formula is C21H22ClFN2O6. The molecular weight excluding hydrogens is 431 g/mol. The fraction of sp³-hybridized carbons (Fsp3) is 0.381. The van der Waals surface area contributed by atoms with Gasteiger partial charge in [0.2, 0.25) is 0 Å². The van der Waals surface area contributed by atoms with E-state index in [1.807, 2.05) is 0 Å². The third kappa shape index (κ3) is 6.05. The molecule has 1 aromatic carbocycles. The van der Waals surface area contributed by atoms with Gasteiger partial charge in [-0.1, -0.05) is 11.6 Å². The number of carbonyl (C=O) groups is 3. The van der Waals surface area contributed by atoms with Gasteiger partial charge in [-0.25, -0.2) is 4.39 Å². The van der Waals surface area contributed by atoms with Crippen LogP contribution in [0.3, 0.4) is 0 Å². The summed E-state index contributed by atoms with van der Waals surface area (Å²) >= 11 is 5.57. The minimum Gasteiger partial charge on any atom is -0.484 e. The van der Waals surface area contributed by atoms with Gasteiger partial charge in [-0.2, -0.15) is 0 Å². The second kappa shape index (κ2) is 10.4. The molecule has 8 nitrogen and oxygen atoms in total. The van der Waals surface area contributed by atoms with Gasteiger partial charge in [0, 0.05) is 32.0 Å². The number of ketones is 1. The van der Waals surface area contributed by atoms with E-state index >= 15 is 0 Å². The normalized spacial score (nSPS) is 14.0. The van der Waals surface area contributed by atoms with Crippen molar-refractivity contribution in [2.45, 2.75) is 31.8 Å². The Morgan fingerprint density at radius 1 is 1.29 bits per heavy atom. The maximum Gasteiger partial charge on any atom is 0.257 e. The van der Waals surface area contributed by atoms with E-state index < -0.39 is 23.7 Å². The predicted molar refractivity (Wildman–Crippen MR) is 109 cm³/mol. The lowest BCUT2D eigenvalue weighted by Gasteiger charge is -2.13. The van der Waals surface area contributed by atoms with Gasteiger partial charge in [-0.3, -0.25) is 14.4 Å². The topological polar surface area (TPSA) is 118 Å². The van der Waals surface area contributed by atoms with E-state index in [2.05, 4.69) is 10.6 Å². The van der Waals surface area contributed by atoms with E-state index in [1.165, 1.54) is 18.4 Å². The zero-order valence-corrected chi connectivity index (χ0v) is 17.3. The van der Waals surface area contributed by atoms with Crippen LogP contribution in [0, 0.1) is 5.82 Å². The molecule has 2 aromatic rings. The van der Waals surface area contributed by atoms with E-state index in [9.17, 15) is 23.9 Å². The molecule has 0 spiro atoms. The van der Waals surface area contributed by atoms with Gasteiger partial charge in [-0.15, -0.1) is 0 Å². The second-order valence-electron chi connectivity index (χ2n) is 7.09. The number of nitrogens with one attached hydrogen (secondary N) is 2. The lowest BCUT2D eigenvalue weighted by Crippen LogP contribution is -2.36. The zero-order valence-electron chi connectivity index (χ0n) is 16.6. The van der Waals surface area contributed by atoms with E-state index in [-0.39, 0.29) is 48.2 Å². The van der Waals surface area contributed by atoms with E-state index in [0.29, 0.717) is 30.6 Å². The molecule has 0 saturated carbocycles. The smallest absolute Gasteiger partial charge is 0.257 e. The monoisotopic (exact) mass is 452 g/mol. The minimum atomic E-state index is -0.908. The van der Waals surface area contributed by atoms with Crippen molar-refractivity contribution in [2.24, 2.45) is 0 Å². The number of halogens is 2. The molecule has 2 amide bonds. The maximum atomic E-state index is 13.3. The molecule has 0 bridgehead atoms. The third-order valence-corrected chi connectivity index (χ3v) is 5.06. The number of ether oxygens (including phenoxy) is 1. The summed E-state index contributed by atoms with van der Waals surface area (Å²) in [5.74, 6) is -1.02. The van der Waals surface area contributed by atoms with Crippen molar-refractivity contribution in [3.63, 3.8) is 0 Å². The highest BCUT2D eigenvalue weighted by atomic mass is 35.5. The first kappa shape index (κ1) is 22.8. The third-order valence-electron chi connectivity index (χ3n) is 4.76. The molecule has 0 aliphatic heterocycles. The van der Waals surface area contributed by atoms with Crippen molar-refractivity contribution in [1.29, 1.82) is 0 Å². The quantitative estimate of drug-likeness (QED) is 0.537. The van der Waals surface area contributed by atoms with Crippen LogP contribution in [0.1, 0.15) is 45.7 Å². The summed E-state index contributed by atoms with van der Waals surface area (Å²) in [6.45, 7) is -0.231. The lowest BCUT2D eigenvalue weighted by molar-refractivity contribution is -0.123. The number of Topliss-reactive ketones (excluding diaryl/α,β-unsaturated/α-hetero) is 1. The minimum absolute atomic E-state index is 0.0443. The van der Waals surface area contributed by atoms with Crippen molar-refractivity contribution >= 4 is 29.2 Å². The maximum absolute atomic E-state index is 13.3. The largest absolute Gasteiger partial charge is 0.484 e. The summed E-state index contributed by atoms with van der Waals surface area (Å²) < 4.78 is 23.8. The Hall–Kier alpha value is -2.91. The average Bonchev–Trinajstić information content (AvgIpc) is 3.18. The highest BCUT2D eigenvalue weighted by Gasteiger charge is 2.27. The van der Waals surface area contributed by atoms with Crippen LogP contribution >= 0.6 is 11.6 Å². The standard InChI is InChI=1S/C21H22ClFN2O6/c22-15-5-4-13(8-16(15)23)30-11-19(28)24-7-6-12(26)9-25-21(29)14-10-31-18-3-1-2-17(27)20(14)18/h4-5,8,10,12,26H,1-3,6-7,9,11H2,(H,24,28)(H,25,29). The van der Waals surface area contributed by atoms with Crippen LogP contribution in [0.5, 0.6) is 5.75 Å². The van der Waals surface area contributed by atoms with Crippen LogP contribution in [0.25, 0.3) is 0 Å². The van der Waals surface area contributed by atoms with Gasteiger partial charge in [0.05, 0.1) is 22.3 Å². The summed E-state index contributed by atoms with van der Waals surface area (Å²) in [6.07, 6.45) is 2.24. The Balaban J connectivity index is 1.35. The van der Waals surface area contributed by atoms with Crippen LogP contribution in [0.4, 0.5) is 4.39 Å². The Kier molecular flexibility index (Phi) is 7.64. The van der Waals surface area contributed by atoms with Crippen molar-refractivity contribution < 1.29 is 33.0 Å². The summed E-state index contributed by atoms with van der Waals surface area (Å²) in [4.78, 5) is 36.1. The Morgan fingerprint density at radius 2 is 2.10 bits per heavy atom. The fourth-order valence-corrected chi connectivity index (χ4v) is 3.26. The van der Waals surface area contributed by atoms with Crippen LogP contribution in [0.15, 0.2) is 28.9 Å². The van der Waals surface area contributed by atoms with Crippen LogP contribution in [0.2, 0.25) is 5.02 Å². The number of aliphatic hydroxyl groups is 1. The van der Waals surface area contributed by atoms with Gasteiger partial charge in [0.25, 0.3) is 11.8 Å². The molecule has 10 heteroatoms. The zero-order chi connectivity index (χ0) is 22.4. The van der Waals surface area contributed by atoms with Crippen molar-refractivity contribution in [1.82, 2.24) is 10.6 Å². The fourth-order valence-electron chi connectivity index (χ4n) is 3.14. The lowest BCUT2D eigenvalue weighted by atomic mass is 9.94. The number of aliphatic hydroxyl groups excluding tert-OH is 1. The second-order valence-corrected chi connectivity index (χ2v) is 7.50. The van der Waals surface area contributed by atoms with Gasteiger partial charge < -0.3 is 24.9 Å². The summed E-state index contributed by atoms with van der Waals surface area (Å²) in [5, 5.41) is 15.1. The van der Waals surface area contributed by atoms with Crippen LogP contribution in [-0.2, 0) is 11.2 Å². The highest BCUT2D eigenvalue weighted by molar-refractivity contribution is 6.30. The summed E-state index contributed by atoms with van der Waals surface area (Å²) in [7, 11) is 0. The van der Waals surface area contributed by atoms with Crippen molar-refractivity contribution in [2.75, 3.05) is 19.7 Å². The summed E-state index contributed by atoms with van der Waals surface area (Å²) in [6, 6.07) is 3.84. The first-order valence-corrected chi connectivity index (χ1v) is 10.2. The van der Waals surface area contributed by atoms with Gasteiger partial charge >= 0.3 is 0 Å². The van der Waals surface area contributed by atoms with Gasteiger partial charge in [0.15, 0.2) is 12.4 Å². The molecule has 3 rings (SSSR count). The number of aryl methyl sites for hydroxylation is 1. The van der Waals surface area contributed by atoms with Crippen molar-refractivity contribution in [3.05, 3.63) is 52.2 Å². The number of fused-ring (bicyclic) bond motifs is 1. The highest BCUT2D eigenvalue weighted by Crippen LogP contribution is 2.26. The molecule has 3 N–H and O–H groups in total. The summed E-state index contributed by atoms with van der Waals surface area (Å²) in [5.41, 5.74) is 0.502. The average molecular weight is 453 g/mol. The molecule has 1 atom stereocenters. The molecule has 1 heterocycles. The number of carbonyl (C=O) groups excluding carboxylic acids is 3. The molecule has 1 unspecified atom stereocenters. The Bertz CT molecular complexity index is 977. The molecule has 0 saturated heterocycles. The number of furan rings is 1. The molecule has 31 heavy (non-hydrogen) atoms. The first-order chi connectivity index (χ1) is 14.8. The van der Waals surface area contributed by atoms with E-state index in [4.69, 9.17) is 20.8 Å². The molecule has 0 radical (unpaired) electrons. The first-order valence-electron chi connectivity index (χ1n) is 9.79.